The Kier molecular flexibility index (Phi) is 6.43. The number of aromatic nitrogens is 2. The summed E-state index contributed by atoms with van der Waals surface area (Å²) in [6.45, 7) is 4.45. The van der Waals surface area contributed by atoms with Gasteiger partial charge in [0.1, 0.15) is 23.9 Å². The summed E-state index contributed by atoms with van der Waals surface area (Å²) < 4.78 is 10.9. The number of hydrogen-bond donors (Lipinski definition) is 0. The van der Waals surface area contributed by atoms with E-state index < -0.39 is 0 Å². The first-order valence-electron chi connectivity index (χ1n) is 7.81. The van der Waals surface area contributed by atoms with Crippen molar-refractivity contribution in [1.29, 1.82) is 0 Å². The first-order chi connectivity index (χ1) is 11.2. The van der Waals surface area contributed by atoms with Crippen LogP contribution in [0, 0.1) is 18.8 Å². The molecule has 0 N–H and O–H groups in total. The van der Waals surface area contributed by atoms with E-state index in [0.29, 0.717) is 24.0 Å². The maximum absolute atomic E-state index is 5.75. The van der Waals surface area contributed by atoms with E-state index in [-0.39, 0.29) is 0 Å². The Bertz CT molecular complexity index is 685. The Morgan fingerprint density at radius 1 is 1.13 bits per heavy atom. The maximum atomic E-state index is 5.75. The van der Waals surface area contributed by atoms with Crippen molar-refractivity contribution in [1.82, 2.24) is 9.97 Å². The van der Waals surface area contributed by atoms with Crippen molar-refractivity contribution in [3.63, 3.8) is 0 Å². The zero-order valence-electron chi connectivity index (χ0n) is 13.9. The number of nitrogens with zero attached hydrogens (tertiary/aromatic N) is 2. The lowest BCUT2D eigenvalue weighted by Crippen LogP contribution is -2.00. The normalized spacial score (nSPS) is 9.87. The molecule has 120 valence electrons. The number of aryl methyl sites for hydroxylation is 1. The lowest BCUT2D eigenvalue weighted by atomic mass is 10.2. The molecule has 0 unspecified atom stereocenters. The van der Waals surface area contributed by atoms with E-state index in [1.165, 1.54) is 0 Å². The van der Waals surface area contributed by atoms with Crippen LogP contribution in [-0.4, -0.2) is 17.1 Å². The zero-order valence-corrected chi connectivity index (χ0v) is 13.9. The van der Waals surface area contributed by atoms with Crippen molar-refractivity contribution in [2.75, 3.05) is 7.11 Å². The van der Waals surface area contributed by atoms with E-state index in [0.717, 1.165) is 30.6 Å². The Morgan fingerprint density at radius 3 is 2.61 bits per heavy atom. The summed E-state index contributed by atoms with van der Waals surface area (Å²) in [6.07, 6.45) is 3.15. The SMILES string of the molecule is CCCCC#Cc1cc(OCc2ccc(OC)cc2)nc(C)n1. The van der Waals surface area contributed by atoms with E-state index in [9.17, 15) is 0 Å². The molecule has 1 aromatic carbocycles. The first-order valence-corrected chi connectivity index (χ1v) is 7.81. The molecular formula is C19H22N2O2. The van der Waals surface area contributed by atoms with Crippen LogP contribution in [0.15, 0.2) is 30.3 Å². The van der Waals surface area contributed by atoms with Gasteiger partial charge in [-0.05, 0) is 37.0 Å². The molecule has 2 rings (SSSR count). The molecule has 4 nitrogen and oxygen atoms in total. The highest BCUT2D eigenvalue weighted by molar-refractivity contribution is 5.32. The maximum Gasteiger partial charge on any atom is 0.218 e. The first kappa shape index (κ1) is 16.8. The van der Waals surface area contributed by atoms with Gasteiger partial charge >= 0.3 is 0 Å². The average Bonchev–Trinajstić information content (AvgIpc) is 2.57. The molecule has 0 fully saturated rings. The van der Waals surface area contributed by atoms with Gasteiger partial charge in [0.2, 0.25) is 5.88 Å². The molecule has 0 bridgehead atoms. The Hall–Kier alpha value is -2.54. The summed E-state index contributed by atoms with van der Waals surface area (Å²) >= 11 is 0. The molecule has 2 aromatic rings. The molecule has 4 heteroatoms. The van der Waals surface area contributed by atoms with Crippen LogP contribution in [0.5, 0.6) is 11.6 Å². The summed E-state index contributed by atoms with van der Waals surface area (Å²) in [4.78, 5) is 8.63. The van der Waals surface area contributed by atoms with Gasteiger partial charge in [0.05, 0.1) is 7.11 Å². The van der Waals surface area contributed by atoms with Crippen LogP contribution in [0.1, 0.15) is 43.3 Å². The molecule has 0 amide bonds. The number of ether oxygens (including phenoxy) is 2. The highest BCUT2D eigenvalue weighted by Gasteiger charge is 2.02. The Morgan fingerprint density at radius 2 is 1.91 bits per heavy atom. The van der Waals surface area contributed by atoms with Gasteiger partial charge in [0.15, 0.2) is 0 Å². The number of unbranched alkanes of at least 4 members (excludes halogenated alkanes) is 2. The monoisotopic (exact) mass is 310 g/mol. The van der Waals surface area contributed by atoms with Crippen LogP contribution < -0.4 is 9.47 Å². The highest BCUT2D eigenvalue weighted by Crippen LogP contribution is 2.14. The van der Waals surface area contributed by atoms with Crippen LogP contribution >= 0.6 is 0 Å². The summed E-state index contributed by atoms with van der Waals surface area (Å²) in [5.74, 6) is 8.25. The van der Waals surface area contributed by atoms with Gasteiger partial charge in [-0.25, -0.2) is 4.98 Å². The molecule has 0 aliphatic rings. The second kappa shape index (κ2) is 8.79. The number of benzene rings is 1. The molecule has 0 atom stereocenters. The molecule has 0 spiro atoms. The van der Waals surface area contributed by atoms with Gasteiger partial charge in [-0.1, -0.05) is 31.4 Å². The second-order valence-corrected chi connectivity index (χ2v) is 5.18. The number of hydrogen-bond acceptors (Lipinski definition) is 4. The highest BCUT2D eigenvalue weighted by atomic mass is 16.5. The average molecular weight is 310 g/mol. The minimum absolute atomic E-state index is 0.448. The van der Waals surface area contributed by atoms with Crippen LogP contribution in [0.4, 0.5) is 0 Å². The fraction of sp³-hybridized carbons (Fsp3) is 0.368. The molecular weight excluding hydrogens is 288 g/mol. The van der Waals surface area contributed by atoms with Crippen molar-refractivity contribution in [2.45, 2.75) is 39.7 Å². The molecule has 23 heavy (non-hydrogen) atoms. The van der Waals surface area contributed by atoms with E-state index in [1.54, 1.807) is 13.2 Å². The molecule has 0 saturated heterocycles. The molecule has 0 aliphatic heterocycles. The van der Waals surface area contributed by atoms with Gasteiger partial charge in [-0.15, -0.1) is 0 Å². The van der Waals surface area contributed by atoms with Gasteiger partial charge in [0.25, 0.3) is 0 Å². The minimum atomic E-state index is 0.448. The van der Waals surface area contributed by atoms with Crippen molar-refractivity contribution in [3.05, 3.63) is 47.4 Å². The van der Waals surface area contributed by atoms with Crippen LogP contribution in [0.25, 0.3) is 0 Å². The Labute approximate surface area is 137 Å². The van der Waals surface area contributed by atoms with Gasteiger partial charge in [-0.2, -0.15) is 4.98 Å². The van der Waals surface area contributed by atoms with Crippen LogP contribution in [-0.2, 0) is 6.61 Å². The van der Waals surface area contributed by atoms with E-state index >= 15 is 0 Å². The van der Waals surface area contributed by atoms with Crippen molar-refractivity contribution in [2.24, 2.45) is 0 Å². The Balaban J connectivity index is 2.00. The quantitative estimate of drug-likeness (QED) is 0.599. The topological polar surface area (TPSA) is 44.2 Å². The molecule has 0 saturated carbocycles. The van der Waals surface area contributed by atoms with Gasteiger partial charge in [0, 0.05) is 12.5 Å². The fourth-order valence-electron chi connectivity index (χ4n) is 1.98. The van der Waals surface area contributed by atoms with Crippen molar-refractivity contribution in [3.8, 4) is 23.5 Å². The zero-order chi connectivity index (χ0) is 16.5. The summed E-state index contributed by atoms with van der Waals surface area (Å²) in [5.41, 5.74) is 1.76. The number of rotatable bonds is 6. The van der Waals surface area contributed by atoms with Gasteiger partial charge in [-0.3, -0.25) is 0 Å². The summed E-state index contributed by atoms with van der Waals surface area (Å²) in [6, 6.07) is 9.55. The molecule has 0 radical (unpaired) electrons. The van der Waals surface area contributed by atoms with E-state index in [4.69, 9.17) is 9.47 Å². The van der Waals surface area contributed by atoms with Crippen LogP contribution in [0.3, 0.4) is 0 Å². The standard InChI is InChI=1S/C19H22N2O2/c1-4-5-6-7-8-17-13-19(21-15(2)20-17)23-14-16-9-11-18(22-3)12-10-16/h9-13H,4-6,14H2,1-3H3. The smallest absolute Gasteiger partial charge is 0.218 e. The molecule has 1 aromatic heterocycles. The lowest BCUT2D eigenvalue weighted by Gasteiger charge is -2.07. The minimum Gasteiger partial charge on any atom is -0.497 e. The third-order valence-electron chi connectivity index (χ3n) is 3.23. The third kappa shape index (κ3) is 5.63. The lowest BCUT2D eigenvalue weighted by molar-refractivity contribution is 0.292. The summed E-state index contributed by atoms with van der Waals surface area (Å²) in [7, 11) is 1.65. The third-order valence-corrected chi connectivity index (χ3v) is 3.23. The largest absolute Gasteiger partial charge is 0.497 e. The second-order valence-electron chi connectivity index (χ2n) is 5.18. The fourth-order valence-corrected chi connectivity index (χ4v) is 1.98. The number of methoxy groups -OCH3 is 1. The van der Waals surface area contributed by atoms with Gasteiger partial charge < -0.3 is 9.47 Å². The predicted molar refractivity (Wildman–Crippen MR) is 90.5 cm³/mol. The molecule has 0 aliphatic carbocycles. The molecule has 1 heterocycles. The van der Waals surface area contributed by atoms with E-state index in [1.807, 2.05) is 31.2 Å². The van der Waals surface area contributed by atoms with E-state index in [2.05, 4.69) is 28.7 Å². The summed E-state index contributed by atoms with van der Waals surface area (Å²) in [5, 5.41) is 0. The van der Waals surface area contributed by atoms with Crippen molar-refractivity contribution >= 4 is 0 Å². The van der Waals surface area contributed by atoms with Crippen LogP contribution in [0.2, 0.25) is 0 Å². The predicted octanol–water partition coefficient (Wildman–Crippen LogP) is 3.91. The van der Waals surface area contributed by atoms with Crippen molar-refractivity contribution < 1.29 is 9.47 Å².